The van der Waals surface area contributed by atoms with Crippen LogP contribution in [0.2, 0.25) is 0 Å². The smallest absolute Gasteiger partial charge is 0.358 e. The van der Waals surface area contributed by atoms with Crippen LogP contribution >= 0.6 is 0 Å². The first-order valence-corrected chi connectivity index (χ1v) is 14.9. The normalized spacial score (nSPS) is 16.1. The average molecular weight is 621 g/mol. The molecule has 0 aliphatic carbocycles. The summed E-state index contributed by atoms with van der Waals surface area (Å²) in [4.78, 5) is 39.8. The molecule has 0 amide bonds. The number of methoxy groups -OCH3 is 1. The van der Waals surface area contributed by atoms with Gasteiger partial charge in [0.2, 0.25) is 0 Å². The van der Waals surface area contributed by atoms with Gasteiger partial charge in [0.25, 0.3) is 0 Å². The first-order valence-electron chi connectivity index (χ1n) is 14.9. The summed E-state index contributed by atoms with van der Waals surface area (Å²) in [5, 5.41) is 12.9. The molecule has 1 aromatic carbocycles. The first-order chi connectivity index (χ1) is 21.2. The predicted octanol–water partition coefficient (Wildman–Crippen LogP) is 6.38. The third-order valence-electron chi connectivity index (χ3n) is 8.46. The molecule has 45 heavy (non-hydrogen) atoms. The molecule has 0 unspecified atom stereocenters. The van der Waals surface area contributed by atoms with Crippen LogP contribution < -0.4 is 15.2 Å². The molecule has 238 valence electrons. The van der Waals surface area contributed by atoms with E-state index in [2.05, 4.69) is 35.6 Å². The van der Waals surface area contributed by atoms with Crippen LogP contribution in [0, 0.1) is 28.7 Å². The van der Waals surface area contributed by atoms with Crippen molar-refractivity contribution in [2.75, 3.05) is 31.6 Å². The summed E-state index contributed by atoms with van der Waals surface area (Å²) in [6.45, 7) is 15.2. The molecule has 12 heteroatoms. The number of nitro groups is 1. The van der Waals surface area contributed by atoms with Crippen molar-refractivity contribution in [2.45, 2.75) is 66.0 Å². The van der Waals surface area contributed by atoms with E-state index in [4.69, 9.17) is 4.74 Å². The highest BCUT2D eigenvalue weighted by atomic mass is 19.1. The number of anilines is 1. The number of rotatable bonds is 6. The summed E-state index contributed by atoms with van der Waals surface area (Å²) in [5.74, 6) is -1.83. The van der Waals surface area contributed by atoms with Crippen molar-refractivity contribution in [2.24, 2.45) is 0 Å². The monoisotopic (exact) mass is 620 g/mol. The molecule has 4 heterocycles. The van der Waals surface area contributed by atoms with E-state index in [0.29, 0.717) is 36.6 Å². The Morgan fingerprint density at radius 1 is 1.11 bits per heavy atom. The fraction of sp³-hybridized carbons (Fsp3) is 0.424. The van der Waals surface area contributed by atoms with Crippen molar-refractivity contribution in [1.29, 1.82) is 0 Å². The van der Waals surface area contributed by atoms with E-state index in [0.717, 1.165) is 16.7 Å². The van der Waals surface area contributed by atoms with Gasteiger partial charge in [-0.05, 0) is 70.4 Å². The van der Waals surface area contributed by atoms with Crippen LogP contribution in [0.4, 0.5) is 20.2 Å². The molecule has 1 fully saturated rings. The average Bonchev–Trinajstić information content (AvgIpc) is 2.96. The number of benzene rings is 1. The zero-order valence-corrected chi connectivity index (χ0v) is 26.8. The Kier molecular flexibility index (Phi) is 8.39. The Bertz CT molecular complexity index is 1870. The minimum atomic E-state index is -0.934. The van der Waals surface area contributed by atoms with E-state index >= 15 is 8.78 Å². The minimum absolute atomic E-state index is 0.0107. The van der Waals surface area contributed by atoms with Crippen LogP contribution in [0.15, 0.2) is 41.3 Å². The second kappa shape index (κ2) is 11.8. The maximum atomic E-state index is 16.2. The van der Waals surface area contributed by atoms with Crippen LogP contribution in [0.1, 0.15) is 58.7 Å². The summed E-state index contributed by atoms with van der Waals surface area (Å²) < 4.78 is 38.0. The van der Waals surface area contributed by atoms with Crippen LogP contribution in [0.25, 0.3) is 28.0 Å². The molecular weight excluding hydrogens is 582 g/mol. The lowest BCUT2D eigenvalue weighted by molar-refractivity contribution is -0.385. The van der Waals surface area contributed by atoms with Crippen LogP contribution in [-0.4, -0.2) is 62.7 Å². The Hall–Kier alpha value is -4.45. The molecular formula is C33H38F2N6O4. The van der Waals surface area contributed by atoms with Crippen LogP contribution in [0.3, 0.4) is 0 Å². The predicted molar refractivity (Wildman–Crippen MR) is 171 cm³/mol. The van der Waals surface area contributed by atoms with Crippen molar-refractivity contribution >= 4 is 22.4 Å². The highest BCUT2D eigenvalue weighted by Gasteiger charge is 2.38. The largest absolute Gasteiger partial charge is 0.496 e. The van der Waals surface area contributed by atoms with E-state index in [9.17, 15) is 14.9 Å². The molecule has 1 saturated heterocycles. The Labute approximate surface area is 260 Å². The number of fused-ring (bicyclic) bond motifs is 1. The molecule has 0 bridgehead atoms. The molecule has 5 rings (SSSR count). The number of nitrogens with zero attached hydrogens (tertiary/aromatic N) is 6. The Morgan fingerprint density at radius 2 is 1.82 bits per heavy atom. The zero-order chi connectivity index (χ0) is 33.0. The standard InChI is InChI=1S/C33H38F2N6O4/c1-18(2)26-28(19(3)12-13-36-26)40-31-21(16-23(35)27(37-31)25-22(34)10-9-11-24(25)45-8)29(30(32(40)42)41(43)44)39-15-14-38(17-20(39)4)33(5,6)7/h9-13,16,18,20H,14-15,17H2,1-8H3/t20-/m1/s1. The SMILES string of the molecule is COc1cccc(F)c1-c1nc2c(cc1F)c(N1CCN(C(C)(C)C)C[C@H]1C)c([N+](=O)[O-])c(=O)n2-c1c(C)ccnc1C(C)C. The summed E-state index contributed by atoms with van der Waals surface area (Å²) in [6.07, 6.45) is 1.60. The number of pyridine rings is 3. The molecule has 0 N–H and O–H groups in total. The van der Waals surface area contributed by atoms with Gasteiger partial charge in [-0.1, -0.05) is 19.9 Å². The highest BCUT2D eigenvalue weighted by molar-refractivity contribution is 5.97. The second-order valence-corrected chi connectivity index (χ2v) is 12.8. The molecule has 4 aromatic rings. The number of piperazine rings is 1. The number of ether oxygens (including phenoxy) is 1. The summed E-state index contributed by atoms with van der Waals surface area (Å²) in [6, 6.07) is 6.62. The minimum Gasteiger partial charge on any atom is -0.496 e. The maximum absolute atomic E-state index is 16.2. The molecule has 1 aliphatic heterocycles. The van der Waals surface area contributed by atoms with Gasteiger partial charge in [0.05, 0.1) is 34.4 Å². The van der Waals surface area contributed by atoms with Crippen molar-refractivity contribution in [3.05, 3.63) is 79.9 Å². The molecule has 3 aromatic heterocycles. The van der Waals surface area contributed by atoms with E-state index in [1.54, 1.807) is 24.1 Å². The van der Waals surface area contributed by atoms with Crippen molar-refractivity contribution in [3.63, 3.8) is 0 Å². The van der Waals surface area contributed by atoms with Gasteiger partial charge in [-0.2, -0.15) is 0 Å². The molecule has 1 aliphatic rings. The maximum Gasteiger partial charge on any atom is 0.358 e. The van der Waals surface area contributed by atoms with Gasteiger partial charge in [-0.25, -0.2) is 13.8 Å². The first kappa shape index (κ1) is 32.0. The molecule has 10 nitrogen and oxygen atoms in total. The summed E-state index contributed by atoms with van der Waals surface area (Å²) in [7, 11) is 1.33. The lowest BCUT2D eigenvalue weighted by atomic mass is 10.0. The second-order valence-electron chi connectivity index (χ2n) is 12.8. The Balaban J connectivity index is 1.95. The topological polar surface area (TPSA) is 107 Å². The van der Waals surface area contributed by atoms with Gasteiger partial charge >= 0.3 is 11.2 Å². The third kappa shape index (κ3) is 5.52. The van der Waals surface area contributed by atoms with Crippen molar-refractivity contribution in [3.8, 4) is 22.7 Å². The molecule has 0 saturated carbocycles. The van der Waals surface area contributed by atoms with Gasteiger partial charge < -0.3 is 9.64 Å². The summed E-state index contributed by atoms with van der Waals surface area (Å²) in [5.41, 5.74) is -1.01. The van der Waals surface area contributed by atoms with Crippen molar-refractivity contribution < 1.29 is 18.4 Å². The molecule has 1 atom stereocenters. The number of hydrogen-bond acceptors (Lipinski definition) is 8. The van der Waals surface area contributed by atoms with Gasteiger partial charge in [-0.3, -0.25) is 29.4 Å². The van der Waals surface area contributed by atoms with E-state index < -0.39 is 27.8 Å². The van der Waals surface area contributed by atoms with Crippen LogP contribution in [0.5, 0.6) is 5.75 Å². The van der Waals surface area contributed by atoms with Gasteiger partial charge in [-0.15, -0.1) is 0 Å². The third-order valence-corrected chi connectivity index (χ3v) is 8.46. The Morgan fingerprint density at radius 3 is 2.42 bits per heavy atom. The highest BCUT2D eigenvalue weighted by Crippen LogP contribution is 2.41. The molecule has 0 radical (unpaired) electrons. The number of halogens is 2. The van der Waals surface area contributed by atoms with E-state index in [-0.39, 0.29) is 51.2 Å². The van der Waals surface area contributed by atoms with Crippen molar-refractivity contribution in [1.82, 2.24) is 19.4 Å². The number of aryl methyl sites for hydroxylation is 1. The number of hydrogen-bond donors (Lipinski definition) is 0. The number of aromatic nitrogens is 3. The van der Waals surface area contributed by atoms with Gasteiger partial charge in [0, 0.05) is 37.4 Å². The van der Waals surface area contributed by atoms with E-state index in [1.165, 1.54) is 19.2 Å². The summed E-state index contributed by atoms with van der Waals surface area (Å²) >= 11 is 0. The van der Waals surface area contributed by atoms with Crippen LogP contribution in [-0.2, 0) is 0 Å². The fourth-order valence-electron chi connectivity index (χ4n) is 6.18. The van der Waals surface area contributed by atoms with Gasteiger partial charge in [0.15, 0.2) is 11.5 Å². The van der Waals surface area contributed by atoms with E-state index in [1.807, 2.05) is 20.8 Å². The fourth-order valence-corrected chi connectivity index (χ4v) is 6.18. The lowest BCUT2D eigenvalue weighted by Crippen LogP contribution is -2.57. The van der Waals surface area contributed by atoms with Gasteiger partial charge in [0.1, 0.15) is 22.9 Å². The lowest BCUT2D eigenvalue weighted by Gasteiger charge is -2.46. The quantitative estimate of drug-likeness (QED) is 0.181. The zero-order valence-electron chi connectivity index (χ0n) is 26.8. The molecule has 0 spiro atoms.